The minimum Gasteiger partial charge on any atom is -0.447 e. The highest BCUT2D eigenvalue weighted by Crippen LogP contribution is 2.09. The fourth-order valence-corrected chi connectivity index (χ4v) is 1.18. The first-order valence-electron chi connectivity index (χ1n) is 4.15. The van der Waals surface area contributed by atoms with E-state index in [1.165, 1.54) is 0 Å². The van der Waals surface area contributed by atoms with Crippen LogP contribution in [0.2, 0.25) is 0 Å². The quantitative estimate of drug-likeness (QED) is 0.579. The summed E-state index contributed by atoms with van der Waals surface area (Å²) in [4.78, 5) is 12.9. The van der Waals surface area contributed by atoms with E-state index in [-0.39, 0.29) is 12.2 Å². The van der Waals surface area contributed by atoms with E-state index in [0.717, 1.165) is 25.9 Å². The summed E-state index contributed by atoms with van der Waals surface area (Å²) >= 11 is 0. The lowest BCUT2D eigenvalue weighted by Crippen LogP contribution is -2.30. The molecular weight excluding hydrogens is 142 g/mol. The molecule has 1 amide bonds. The SMILES string of the molecule is CC(C)OC(=O)N1CCCC1. The van der Waals surface area contributed by atoms with E-state index in [2.05, 4.69) is 0 Å². The third kappa shape index (κ3) is 2.41. The zero-order chi connectivity index (χ0) is 8.27. The molecule has 0 aliphatic carbocycles. The largest absolute Gasteiger partial charge is 0.447 e. The van der Waals surface area contributed by atoms with Gasteiger partial charge in [-0.15, -0.1) is 0 Å². The highest BCUT2D eigenvalue weighted by molar-refractivity contribution is 5.68. The molecule has 1 rings (SSSR count). The number of likely N-dealkylation sites (tertiary alicyclic amines) is 1. The maximum atomic E-state index is 11.2. The Kier molecular flexibility index (Phi) is 2.74. The van der Waals surface area contributed by atoms with Gasteiger partial charge in [0.2, 0.25) is 0 Å². The van der Waals surface area contributed by atoms with Crippen LogP contribution < -0.4 is 0 Å². The number of nitrogens with zero attached hydrogens (tertiary/aromatic N) is 1. The minimum atomic E-state index is -0.155. The standard InChI is InChI=1S/C8H15NO2/c1-7(2)11-8(10)9-5-3-4-6-9/h7H,3-6H2,1-2H3. The van der Waals surface area contributed by atoms with Crippen LogP contribution in [0.5, 0.6) is 0 Å². The molecule has 0 unspecified atom stereocenters. The molecule has 1 aliphatic heterocycles. The lowest BCUT2D eigenvalue weighted by atomic mass is 10.4. The van der Waals surface area contributed by atoms with Gasteiger partial charge in [-0.25, -0.2) is 4.79 Å². The van der Waals surface area contributed by atoms with Crippen LogP contribution in [0.4, 0.5) is 4.79 Å². The average Bonchev–Trinajstić information content (AvgIpc) is 2.35. The number of amides is 1. The van der Waals surface area contributed by atoms with Crippen molar-refractivity contribution in [1.82, 2.24) is 4.90 Å². The summed E-state index contributed by atoms with van der Waals surface area (Å²) in [5.41, 5.74) is 0. The number of ether oxygens (including phenoxy) is 1. The van der Waals surface area contributed by atoms with Crippen LogP contribution in [-0.2, 0) is 4.74 Å². The van der Waals surface area contributed by atoms with Crippen LogP contribution >= 0.6 is 0 Å². The fourth-order valence-electron chi connectivity index (χ4n) is 1.18. The van der Waals surface area contributed by atoms with Crippen molar-refractivity contribution < 1.29 is 9.53 Å². The van der Waals surface area contributed by atoms with E-state index in [1.54, 1.807) is 4.90 Å². The van der Waals surface area contributed by atoms with Gasteiger partial charge in [-0.2, -0.15) is 0 Å². The molecule has 1 aliphatic rings. The third-order valence-corrected chi connectivity index (χ3v) is 1.70. The van der Waals surface area contributed by atoms with Gasteiger partial charge in [-0.3, -0.25) is 0 Å². The van der Waals surface area contributed by atoms with Crippen molar-refractivity contribution in [1.29, 1.82) is 0 Å². The second-order valence-corrected chi connectivity index (χ2v) is 3.13. The van der Waals surface area contributed by atoms with E-state index >= 15 is 0 Å². The molecule has 0 bridgehead atoms. The van der Waals surface area contributed by atoms with E-state index < -0.39 is 0 Å². The fraction of sp³-hybridized carbons (Fsp3) is 0.875. The molecule has 3 nitrogen and oxygen atoms in total. The minimum absolute atomic E-state index is 0.00287. The second-order valence-electron chi connectivity index (χ2n) is 3.13. The molecule has 1 saturated heterocycles. The predicted octanol–water partition coefficient (Wildman–Crippen LogP) is 1.63. The number of carbonyl (C=O) groups is 1. The molecule has 0 radical (unpaired) electrons. The average molecular weight is 157 g/mol. The van der Waals surface area contributed by atoms with Crippen molar-refractivity contribution in [2.24, 2.45) is 0 Å². The van der Waals surface area contributed by atoms with Crippen molar-refractivity contribution in [2.45, 2.75) is 32.8 Å². The summed E-state index contributed by atoms with van der Waals surface area (Å²) in [6.07, 6.45) is 2.08. The van der Waals surface area contributed by atoms with Gasteiger partial charge in [0.1, 0.15) is 0 Å². The molecule has 0 N–H and O–H groups in total. The van der Waals surface area contributed by atoms with Gasteiger partial charge in [-0.1, -0.05) is 0 Å². The van der Waals surface area contributed by atoms with Crippen LogP contribution in [0.3, 0.4) is 0 Å². The molecule has 64 valence electrons. The Morgan fingerprint density at radius 3 is 2.36 bits per heavy atom. The van der Waals surface area contributed by atoms with Crippen LogP contribution in [0.15, 0.2) is 0 Å². The van der Waals surface area contributed by atoms with Crippen LogP contribution in [0.1, 0.15) is 26.7 Å². The summed E-state index contributed by atoms with van der Waals surface area (Å²) in [7, 11) is 0. The first-order chi connectivity index (χ1) is 5.20. The van der Waals surface area contributed by atoms with Gasteiger partial charge in [0.25, 0.3) is 0 Å². The molecule has 0 atom stereocenters. The lowest BCUT2D eigenvalue weighted by Gasteiger charge is -2.16. The first-order valence-corrected chi connectivity index (χ1v) is 4.15. The van der Waals surface area contributed by atoms with Crippen molar-refractivity contribution in [3.63, 3.8) is 0 Å². The van der Waals surface area contributed by atoms with E-state index in [4.69, 9.17) is 4.74 Å². The van der Waals surface area contributed by atoms with Gasteiger partial charge in [0.05, 0.1) is 6.10 Å². The number of hydrogen-bond acceptors (Lipinski definition) is 2. The molecule has 11 heavy (non-hydrogen) atoms. The Labute approximate surface area is 67.3 Å². The summed E-state index contributed by atoms with van der Waals surface area (Å²) in [5.74, 6) is 0. The summed E-state index contributed by atoms with van der Waals surface area (Å²) < 4.78 is 5.02. The molecule has 0 saturated carbocycles. The van der Waals surface area contributed by atoms with Crippen LogP contribution in [0, 0.1) is 0 Å². The van der Waals surface area contributed by atoms with Gasteiger partial charge >= 0.3 is 6.09 Å². The Morgan fingerprint density at radius 1 is 1.36 bits per heavy atom. The molecule has 3 heteroatoms. The Morgan fingerprint density at radius 2 is 1.91 bits per heavy atom. The summed E-state index contributed by atoms with van der Waals surface area (Å²) in [6.45, 7) is 5.47. The Bertz CT molecular complexity index is 139. The Balaban J connectivity index is 2.28. The normalized spacial score (nSPS) is 17.5. The van der Waals surface area contributed by atoms with Crippen molar-refractivity contribution in [3.05, 3.63) is 0 Å². The van der Waals surface area contributed by atoms with Gasteiger partial charge in [-0.05, 0) is 26.7 Å². The number of hydrogen-bond donors (Lipinski definition) is 0. The molecule has 0 aromatic rings. The second kappa shape index (κ2) is 3.60. The van der Waals surface area contributed by atoms with Crippen molar-refractivity contribution in [3.8, 4) is 0 Å². The molecule has 0 aromatic carbocycles. The first kappa shape index (κ1) is 8.37. The zero-order valence-electron chi connectivity index (χ0n) is 7.17. The smallest absolute Gasteiger partial charge is 0.410 e. The van der Waals surface area contributed by atoms with Gasteiger partial charge in [0.15, 0.2) is 0 Å². The maximum absolute atomic E-state index is 11.2. The van der Waals surface area contributed by atoms with E-state index in [1.807, 2.05) is 13.8 Å². The third-order valence-electron chi connectivity index (χ3n) is 1.70. The predicted molar refractivity (Wildman–Crippen MR) is 42.4 cm³/mol. The van der Waals surface area contributed by atoms with Crippen molar-refractivity contribution in [2.75, 3.05) is 13.1 Å². The maximum Gasteiger partial charge on any atom is 0.410 e. The van der Waals surface area contributed by atoms with Crippen molar-refractivity contribution >= 4 is 6.09 Å². The summed E-state index contributed by atoms with van der Waals surface area (Å²) in [6, 6.07) is 0. The van der Waals surface area contributed by atoms with Crippen LogP contribution in [-0.4, -0.2) is 30.2 Å². The molecule has 0 aromatic heterocycles. The molecule has 1 fully saturated rings. The highest BCUT2D eigenvalue weighted by atomic mass is 16.6. The highest BCUT2D eigenvalue weighted by Gasteiger charge is 2.19. The number of rotatable bonds is 1. The zero-order valence-corrected chi connectivity index (χ0v) is 7.17. The monoisotopic (exact) mass is 157 g/mol. The van der Waals surface area contributed by atoms with Gasteiger partial charge < -0.3 is 9.64 Å². The summed E-state index contributed by atoms with van der Waals surface area (Å²) in [5, 5.41) is 0. The number of carbonyl (C=O) groups excluding carboxylic acids is 1. The lowest BCUT2D eigenvalue weighted by molar-refractivity contribution is 0.0837. The van der Waals surface area contributed by atoms with Crippen LogP contribution in [0.25, 0.3) is 0 Å². The molecular formula is C8H15NO2. The molecule has 1 heterocycles. The van der Waals surface area contributed by atoms with Gasteiger partial charge in [0, 0.05) is 13.1 Å². The Hall–Kier alpha value is -0.730. The topological polar surface area (TPSA) is 29.5 Å². The van der Waals surface area contributed by atoms with E-state index in [0.29, 0.717) is 0 Å². The molecule has 0 spiro atoms. The van der Waals surface area contributed by atoms with E-state index in [9.17, 15) is 4.79 Å².